The van der Waals surface area contributed by atoms with Gasteiger partial charge in [0.1, 0.15) is 0 Å². The van der Waals surface area contributed by atoms with Gasteiger partial charge >= 0.3 is 5.97 Å². The number of fused-ring (bicyclic) bond motifs is 2. The molecule has 108 valence electrons. The van der Waals surface area contributed by atoms with Gasteiger partial charge in [0.25, 0.3) is 0 Å². The Balaban J connectivity index is 1.64. The van der Waals surface area contributed by atoms with E-state index >= 15 is 0 Å². The van der Waals surface area contributed by atoms with Crippen LogP contribution in [0.3, 0.4) is 0 Å². The van der Waals surface area contributed by atoms with Crippen LogP contribution in [-0.4, -0.2) is 34.0 Å². The van der Waals surface area contributed by atoms with Crippen molar-refractivity contribution in [2.24, 2.45) is 5.92 Å². The zero-order valence-electron chi connectivity index (χ0n) is 11.3. The highest BCUT2D eigenvalue weighted by Crippen LogP contribution is 2.40. The van der Waals surface area contributed by atoms with Crippen LogP contribution in [0.4, 0.5) is 0 Å². The van der Waals surface area contributed by atoms with Crippen LogP contribution in [-0.2, 0) is 16.0 Å². The summed E-state index contributed by atoms with van der Waals surface area (Å²) in [5.74, 6) is -0.253. The molecule has 2 aliphatic heterocycles. The highest BCUT2D eigenvalue weighted by molar-refractivity contribution is 7.10. The maximum Gasteiger partial charge on any atom is 0.303 e. The van der Waals surface area contributed by atoms with E-state index in [1.54, 1.807) is 11.3 Å². The molecule has 4 nitrogen and oxygen atoms in total. The van der Waals surface area contributed by atoms with Crippen molar-refractivity contribution < 1.29 is 14.7 Å². The summed E-state index contributed by atoms with van der Waals surface area (Å²) in [6, 6.07) is 4.51. The molecule has 2 aliphatic rings. The van der Waals surface area contributed by atoms with Crippen LogP contribution >= 0.6 is 11.3 Å². The first kappa shape index (κ1) is 13.6. The van der Waals surface area contributed by atoms with Crippen molar-refractivity contribution in [2.45, 2.75) is 50.6 Å². The summed E-state index contributed by atoms with van der Waals surface area (Å²) in [7, 11) is 0. The molecular formula is C15H19NO3S. The first-order chi connectivity index (χ1) is 9.63. The van der Waals surface area contributed by atoms with Gasteiger partial charge in [0, 0.05) is 23.4 Å². The monoisotopic (exact) mass is 293 g/mol. The van der Waals surface area contributed by atoms with Crippen molar-refractivity contribution in [1.29, 1.82) is 0 Å². The lowest BCUT2D eigenvalue weighted by Crippen LogP contribution is -2.47. The molecule has 2 saturated heterocycles. The second-order valence-corrected chi connectivity index (χ2v) is 6.91. The third kappa shape index (κ3) is 2.73. The second-order valence-electron chi connectivity index (χ2n) is 5.88. The Hall–Kier alpha value is -1.36. The van der Waals surface area contributed by atoms with Crippen LogP contribution in [0.2, 0.25) is 0 Å². The average Bonchev–Trinajstić information content (AvgIpc) is 2.95. The molecule has 20 heavy (non-hydrogen) atoms. The lowest BCUT2D eigenvalue weighted by atomic mass is 9.88. The summed E-state index contributed by atoms with van der Waals surface area (Å²) in [6.07, 6.45) is 4.54. The molecule has 1 N–H and O–H groups in total. The molecule has 1 amide bonds. The first-order valence-electron chi connectivity index (χ1n) is 7.19. The topological polar surface area (TPSA) is 57.6 Å². The lowest BCUT2D eigenvalue weighted by Gasteiger charge is -2.38. The van der Waals surface area contributed by atoms with Gasteiger partial charge in [0.2, 0.25) is 5.91 Å². The molecule has 5 heteroatoms. The molecule has 2 fully saturated rings. The van der Waals surface area contributed by atoms with E-state index in [0.717, 1.165) is 30.6 Å². The third-order valence-electron chi connectivity index (χ3n) is 4.49. The molecule has 0 aliphatic carbocycles. The predicted molar refractivity (Wildman–Crippen MR) is 76.7 cm³/mol. The van der Waals surface area contributed by atoms with Gasteiger partial charge in [-0.1, -0.05) is 6.07 Å². The second kappa shape index (κ2) is 5.56. The van der Waals surface area contributed by atoms with E-state index in [9.17, 15) is 9.59 Å². The molecule has 2 bridgehead atoms. The number of carboxylic acids is 1. The fourth-order valence-corrected chi connectivity index (χ4v) is 4.46. The SMILES string of the molecule is O=C(O)CC1CC2CCC(C1)N2C(=O)Cc1cccs1. The number of carbonyl (C=O) groups excluding carboxylic acids is 1. The van der Waals surface area contributed by atoms with Gasteiger partial charge in [-0.25, -0.2) is 0 Å². The van der Waals surface area contributed by atoms with Gasteiger partial charge in [0.15, 0.2) is 0 Å². The quantitative estimate of drug-likeness (QED) is 0.928. The van der Waals surface area contributed by atoms with E-state index in [1.165, 1.54) is 0 Å². The fraction of sp³-hybridized carbons (Fsp3) is 0.600. The van der Waals surface area contributed by atoms with Gasteiger partial charge in [-0.15, -0.1) is 11.3 Å². The minimum Gasteiger partial charge on any atom is -0.481 e. The van der Waals surface area contributed by atoms with E-state index in [0.29, 0.717) is 6.42 Å². The molecule has 0 radical (unpaired) electrons. The fourth-order valence-electron chi connectivity index (χ4n) is 3.76. The normalized spacial score (nSPS) is 28.6. The molecule has 2 atom stereocenters. The van der Waals surface area contributed by atoms with Crippen molar-refractivity contribution in [2.75, 3.05) is 0 Å². The standard InChI is InChI=1S/C15H19NO3S/c17-14(9-13-2-1-5-20-13)16-11-3-4-12(16)7-10(6-11)8-15(18)19/h1-2,5,10-12H,3-4,6-9H2,(H,18,19). The number of amides is 1. The van der Waals surface area contributed by atoms with E-state index in [2.05, 4.69) is 4.90 Å². The van der Waals surface area contributed by atoms with Crippen LogP contribution in [0, 0.1) is 5.92 Å². The van der Waals surface area contributed by atoms with Crippen molar-refractivity contribution >= 4 is 23.2 Å². The Morgan fingerprint density at radius 2 is 2.00 bits per heavy atom. The minimum absolute atomic E-state index is 0.216. The van der Waals surface area contributed by atoms with Gasteiger partial charge in [-0.3, -0.25) is 9.59 Å². The number of carboxylic acid groups (broad SMARTS) is 1. The van der Waals surface area contributed by atoms with Crippen molar-refractivity contribution in [3.63, 3.8) is 0 Å². The molecule has 3 heterocycles. The van der Waals surface area contributed by atoms with E-state index in [-0.39, 0.29) is 30.3 Å². The van der Waals surface area contributed by atoms with Crippen molar-refractivity contribution in [3.05, 3.63) is 22.4 Å². The summed E-state index contributed by atoms with van der Waals surface area (Å²) in [5, 5.41) is 10.9. The number of carbonyl (C=O) groups is 2. The zero-order chi connectivity index (χ0) is 14.1. The Kier molecular flexibility index (Phi) is 3.78. The summed E-state index contributed by atoms with van der Waals surface area (Å²) in [5.41, 5.74) is 0. The third-order valence-corrected chi connectivity index (χ3v) is 5.36. The lowest BCUT2D eigenvalue weighted by molar-refractivity contribution is -0.139. The number of rotatable bonds is 4. The summed E-state index contributed by atoms with van der Waals surface area (Å²) in [4.78, 5) is 26.5. The summed E-state index contributed by atoms with van der Waals surface area (Å²) < 4.78 is 0. The molecular weight excluding hydrogens is 274 g/mol. The smallest absolute Gasteiger partial charge is 0.303 e. The number of nitrogens with zero attached hydrogens (tertiary/aromatic N) is 1. The first-order valence-corrected chi connectivity index (χ1v) is 8.07. The summed E-state index contributed by atoms with van der Waals surface area (Å²) in [6.45, 7) is 0. The zero-order valence-corrected chi connectivity index (χ0v) is 12.1. The van der Waals surface area contributed by atoms with Crippen LogP contribution < -0.4 is 0 Å². The average molecular weight is 293 g/mol. The Bertz CT molecular complexity index is 485. The molecule has 1 aromatic heterocycles. The largest absolute Gasteiger partial charge is 0.481 e. The van der Waals surface area contributed by atoms with Crippen LogP contribution in [0.1, 0.15) is 37.0 Å². The van der Waals surface area contributed by atoms with Crippen LogP contribution in [0.5, 0.6) is 0 Å². The molecule has 2 unspecified atom stereocenters. The Labute approximate surface area is 122 Å². The molecule has 0 spiro atoms. The molecule has 1 aromatic rings. The summed E-state index contributed by atoms with van der Waals surface area (Å²) >= 11 is 1.62. The van der Waals surface area contributed by atoms with E-state index in [1.807, 2.05) is 17.5 Å². The number of hydrogen-bond donors (Lipinski definition) is 1. The van der Waals surface area contributed by atoms with Gasteiger partial charge in [0.05, 0.1) is 6.42 Å². The molecule has 3 rings (SSSR count). The highest BCUT2D eigenvalue weighted by atomic mass is 32.1. The van der Waals surface area contributed by atoms with Crippen LogP contribution in [0.15, 0.2) is 17.5 Å². The number of thiophene rings is 1. The number of piperidine rings is 1. The van der Waals surface area contributed by atoms with Crippen molar-refractivity contribution in [3.8, 4) is 0 Å². The molecule has 0 saturated carbocycles. The Morgan fingerprint density at radius 3 is 2.55 bits per heavy atom. The van der Waals surface area contributed by atoms with Gasteiger partial charge < -0.3 is 10.0 Å². The highest BCUT2D eigenvalue weighted by Gasteiger charge is 2.43. The molecule has 0 aromatic carbocycles. The maximum atomic E-state index is 12.5. The maximum absolute atomic E-state index is 12.5. The predicted octanol–water partition coefficient (Wildman–Crippen LogP) is 2.53. The van der Waals surface area contributed by atoms with E-state index < -0.39 is 5.97 Å². The minimum atomic E-state index is -0.715. The van der Waals surface area contributed by atoms with Crippen molar-refractivity contribution in [1.82, 2.24) is 4.90 Å². The Morgan fingerprint density at radius 1 is 1.30 bits per heavy atom. The number of aliphatic carboxylic acids is 1. The van der Waals surface area contributed by atoms with Gasteiger partial charge in [-0.05, 0) is 43.0 Å². The number of hydrogen-bond acceptors (Lipinski definition) is 3. The van der Waals surface area contributed by atoms with Crippen LogP contribution in [0.25, 0.3) is 0 Å². The van der Waals surface area contributed by atoms with Gasteiger partial charge in [-0.2, -0.15) is 0 Å². The van der Waals surface area contributed by atoms with E-state index in [4.69, 9.17) is 5.11 Å².